The lowest BCUT2D eigenvalue weighted by Crippen LogP contribution is -2.23. The smallest absolute Gasteiger partial charge is 0.347 e. The summed E-state index contributed by atoms with van der Waals surface area (Å²) in [5, 5.41) is -0.701. The molecular weight excluding hydrogens is 270 g/mol. The van der Waals surface area contributed by atoms with E-state index in [1.165, 1.54) is 12.3 Å². The lowest BCUT2D eigenvalue weighted by atomic mass is 10.3. The van der Waals surface area contributed by atoms with Gasteiger partial charge in [-0.2, -0.15) is 0 Å². The van der Waals surface area contributed by atoms with Gasteiger partial charge in [0.1, 0.15) is 10.7 Å². The van der Waals surface area contributed by atoms with Gasteiger partial charge in [0.15, 0.2) is 0 Å². The van der Waals surface area contributed by atoms with E-state index < -0.39 is 25.9 Å². The van der Waals surface area contributed by atoms with Crippen molar-refractivity contribution in [1.82, 2.24) is 9.97 Å². The zero-order valence-electron chi connectivity index (χ0n) is 8.18. The largest absolute Gasteiger partial charge is 0.373 e. The second-order valence-corrected chi connectivity index (χ2v) is 6.40. The van der Waals surface area contributed by atoms with E-state index in [4.69, 9.17) is 19.6 Å². The molecule has 0 saturated heterocycles. The van der Waals surface area contributed by atoms with Gasteiger partial charge in [0.25, 0.3) is 0 Å². The van der Waals surface area contributed by atoms with Gasteiger partial charge in [-0.15, -0.1) is 0 Å². The molecular formula is C7H8N2O6P2. The maximum Gasteiger partial charge on any atom is 0.373 e. The molecule has 0 aromatic carbocycles. The van der Waals surface area contributed by atoms with Crippen molar-refractivity contribution in [2.75, 3.05) is 0 Å². The molecule has 17 heavy (non-hydrogen) atoms. The first-order valence-corrected chi connectivity index (χ1v) is 7.51. The third-order valence-corrected chi connectivity index (χ3v) is 4.28. The van der Waals surface area contributed by atoms with Crippen molar-refractivity contribution in [2.45, 2.75) is 0 Å². The molecule has 2 aromatic heterocycles. The Hall–Kier alpha value is -1.01. The Kier molecular flexibility index (Phi) is 2.74. The molecule has 0 spiro atoms. The molecule has 0 saturated carbocycles. The van der Waals surface area contributed by atoms with E-state index in [-0.39, 0.29) is 10.9 Å². The second-order valence-electron chi connectivity index (χ2n) is 3.33. The van der Waals surface area contributed by atoms with E-state index >= 15 is 0 Å². The summed E-state index contributed by atoms with van der Waals surface area (Å²) in [5.74, 6) is 0. The van der Waals surface area contributed by atoms with Gasteiger partial charge in [-0.1, -0.05) is 0 Å². The molecule has 0 fully saturated rings. The number of pyridine rings is 1. The minimum Gasteiger partial charge on any atom is -0.347 e. The van der Waals surface area contributed by atoms with Crippen LogP contribution in [0.1, 0.15) is 0 Å². The molecule has 2 aromatic rings. The summed E-state index contributed by atoms with van der Waals surface area (Å²) < 4.78 is 22.4. The zero-order chi connectivity index (χ0) is 12.8. The molecule has 0 aliphatic carbocycles. The summed E-state index contributed by atoms with van der Waals surface area (Å²) in [6.07, 6.45) is 2.48. The molecule has 0 aliphatic heterocycles. The number of aromatic amines is 1. The third kappa shape index (κ3) is 2.19. The number of fused-ring (bicyclic) bond motifs is 1. The van der Waals surface area contributed by atoms with Crippen molar-refractivity contribution >= 4 is 36.8 Å². The Bertz CT molecular complexity index is 668. The molecule has 8 nitrogen and oxygen atoms in total. The first kappa shape index (κ1) is 12.4. The van der Waals surface area contributed by atoms with E-state index in [1.807, 2.05) is 0 Å². The number of nitrogens with one attached hydrogen (secondary N) is 1. The number of hydrogen-bond acceptors (Lipinski definition) is 3. The highest BCUT2D eigenvalue weighted by molar-refractivity contribution is 7.67. The van der Waals surface area contributed by atoms with Crippen LogP contribution in [0.15, 0.2) is 18.5 Å². The maximum atomic E-state index is 11.3. The Morgan fingerprint density at radius 2 is 1.76 bits per heavy atom. The number of aromatic nitrogens is 2. The van der Waals surface area contributed by atoms with E-state index in [2.05, 4.69) is 9.97 Å². The normalized spacial score (nSPS) is 13.2. The first-order valence-electron chi connectivity index (χ1n) is 4.29. The van der Waals surface area contributed by atoms with Crippen molar-refractivity contribution < 1.29 is 28.7 Å². The molecule has 5 N–H and O–H groups in total. The first-order chi connectivity index (χ1) is 7.71. The van der Waals surface area contributed by atoms with Crippen LogP contribution in [0, 0.1) is 0 Å². The summed E-state index contributed by atoms with van der Waals surface area (Å²) in [7, 11) is -9.61. The average Bonchev–Trinajstić information content (AvgIpc) is 2.54. The van der Waals surface area contributed by atoms with Gasteiger partial charge in [0.05, 0.1) is 5.52 Å². The summed E-state index contributed by atoms with van der Waals surface area (Å²) in [6.45, 7) is 0. The van der Waals surface area contributed by atoms with Crippen LogP contribution in [-0.2, 0) is 9.13 Å². The van der Waals surface area contributed by atoms with Crippen LogP contribution in [-0.4, -0.2) is 29.5 Å². The highest BCUT2D eigenvalue weighted by Gasteiger charge is 2.35. The molecule has 2 rings (SSSR count). The SMILES string of the molecule is O=P(O)(O)c1[nH]c2ccncc2c1P(=O)(O)O. The van der Waals surface area contributed by atoms with Crippen LogP contribution in [0.4, 0.5) is 0 Å². The molecule has 0 bridgehead atoms. The minimum absolute atomic E-state index is 0.000779. The van der Waals surface area contributed by atoms with E-state index in [0.29, 0.717) is 0 Å². The van der Waals surface area contributed by atoms with Crippen LogP contribution >= 0.6 is 15.2 Å². The molecule has 92 valence electrons. The predicted octanol–water partition coefficient (Wildman–Crippen LogP) is -0.831. The van der Waals surface area contributed by atoms with Crippen molar-refractivity contribution in [2.24, 2.45) is 0 Å². The zero-order valence-corrected chi connectivity index (χ0v) is 9.97. The van der Waals surface area contributed by atoms with Crippen molar-refractivity contribution in [3.05, 3.63) is 18.5 Å². The van der Waals surface area contributed by atoms with Gasteiger partial charge in [-0.05, 0) is 6.07 Å². The Morgan fingerprint density at radius 3 is 2.29 bits per heavy atom. The van der Waals surface area contributed by atoms with E-state index in [1.54, 1.807) is 0 Å². The topological polar surface area (TPSA) is 144 Å². The summed E-state index contributed by atoms with van der Waals surface area (Å²) >= 11 is 0. The summed E-state index contributed by atoms with van der Waals surface area (Å²) in [6, 6.07) is 1.37. The van der Waals surface area contributed by atoms with Crippen LogP contribution in [0.25, 0.3) is 10.9 Å². The van der Waals surface area contributed by atoms with E-state index in [9.17, 15) is 9.13 Å². The molecule has 10 heteroatoms. The lowest BCUT2D eigenvalue weighted by Gasteiger charge is -2.07. The monoisotopic (exact) mass is 278 g/mol. The fourth-order valence-corrected chi connectivity index (χ4v) is 3.78. The Balaban J connectivity index is 2.94. The Labute approximate surface area is 94.6 Å². The maximum absolute atomic E-state index is 11.3. The number of H-pyrrole nitrogens is 1. The van der Waals surface area contributed by atoms with Gasteiger partial charge in [-0.3, -0.25) is 14.1 Å². The van der Waals surface area contributed by atoms with Crippen LogP contribution in [0.3, 0.4) is 0 Å². The van der Waals surface area contributed by atoms with Crippen LogP contribution in [0.2, 0.25) is 0 Å². The molecule has 0 aliphatic rings. The summed E-state index contributed by atoms with van der Waals surface area (Å²) in [5.41, 5.74) is -0.564. The van der Waals surface area contributed by atoms with Crippen molar-refractivity contribution in [1.29, 1.82) is 0 Å². The van der Waals surface area contributed by atoms with E-state index in [0.717, 1.165) is 6.20 Å². The number of hydrogen-bond donors (Lipinski definition) is 5. The minimum atomic E-state index is -4.81. The van der Waals surface area contributed by atoms with Gasteiger partial charge in [0.2, 0.25) is 0 Å². The third-order valence-electron chi connectivity index (χ3n) is 2.14. The Morgan fingerprint density at radius 1 is 1.12 bits per heavy atom. The highest BCUT2D eigenvalue weighted by Crippen LogP contribution is 2.42. The fraction of sp³-hybridized carbons (Fsp3) is 0. The molecule has 0 atom stereocenters. The number of rotatable bonds is 2. The van der Waals surface area contributed by atoms with Crippen LogP contribution < -0.4 is 10.7 Å². The molecule has 0 radical (unpaired) electrons. The average molecular weight is 278 g/mol. The summed E-state index contributed by atoms with van der Waals surface area (Å²) in [4.78, 5) is 42.4. The lowest BCUT2D eigenvalue weighted by molar-refractivity contribution is 0.381. The quantitative estimate of drug-likeness (QED) is 0.451. The molecule has 0 amide bonds. The standard InChI is InChI=1S/C7H8N2O6P2/c10-16(11,12)6-4-3-8-2-1-5(4)9-7(6)17(13,14)15/h1-3,9H,(H2,10,11,12)(H2,13,14,15). The molecule has 2 heterocycles. The van der Waals surface area contributed by atoms with Gasteiger partial charge >= 0.3 is 15.2 Å². The van der Waals surface area contributed by atoms with Gasteiger partial charge in [-0.25, -0.2) is 0 Å². The highest BCUT2D eigenvalue weighted by atomic mass is 31.2. The van der Waals surface area contributed by atoms with Crippen LogP contribution in [0.5, 0.6) is 0 Å². The fourth-order valence-electron chi connectivity index (χ4n) is 1.51. The predicted molar refractivity (Wildman–Crippen MR) is 59.4 cm³/mol. The second kappa shape index (κ2) is 3.74. The van der Waals surface area contributed by atoms with Gasteiger partial charge in [0, 0.05) is 17.8 Å². The van der Waals surface area contributed by atoms with Crippen molar-refractivity contribution in [3.63, 3.8) is 0 Å². The van der Waals surface area contributed by atoms with Gasteiger partial charge < -0.3 is 24.6 Å². The molecule has 0 unspecified atom stereocenters. The van der Waals surface area contributed by atoms with Crippen molar-refractivity contribution in [3.8, 4) is 0 Å². The number of nitrogens with zero attached hydrogens (tertiary/aromatic N) is 1.